The number of hydrogen-bond donors (Lipinski definition) is 0. The lowest BCUT2D eigenvalue weighted by molar-refractivity contribution is 0.0599. The van der Waals surface area contributed by atoms with E-state index < -0.39 is 0 Å². The fraction of sp³-hybridized carbons (Fsp3) is 0.588. The first-order chi connectivity index (χ1) is 11.1. The normalized spacial score (nSPS) is 18.4. The quantitative estimate of drug-likeness (QED) is 0.863. The van der Waals surface area contributed by atoms with Crippen LogP contribution in [0.5, 0.6) is 0 Å². The Kier molecular flexibility index (Phi) is 4.80. The van der Waals surface area contributed by atoms with Gasteiger partial charge in [-0.1, -0.05) is 0 Å². The van der Waals surface area contributed by atoms with E-state index in [2.05, 4.69) is 19.4 Å². The molecule has 6 heteroatoms. The summed E-state index contributed by atoms with van der Waals surface area (Å²) in [7, 11) is 0. The number of piperidine rings is 1. The lowest BCUT2D eigenvalue weighted by Crippen LogP contribution is -2.44. The van der Waals surface area contributed by atoms with Gasteiger partial charge in [-0.3, -0.25) is 4.79 Å². The summed E-state index contributed by atoms with van der Waals surface area (Å²) in [5.41, 5.74) is 0.868. The molecule has 1 aliphatic heterocycles. The second kappa shape index (κ2) is 6.83. The first kappa shape index (κ1) is 16.2. The van der Waals surface area contributed by atoms with Crippen LogP contribution in [0, 0.1) is 20.8 Å². The predicted octanol–water partition coefficient (Wildman–Crippen LogP) is 3.35. The number of imidazole rings is 1. The molecule has 1 amide bonds. The van der Waals surface area contributed by atoms with Gasteiger partial charge in [0.2, 0.25) is 0 Å². The zero-order valence-electron chi connectivity index (χ0n) is 14.1. The van der Waals surface area contributed by atoms with Gasteiger partial charge in [-0.05, 0) is 46.5 Å². The minimum atomic E-state index is 0.167. The molecule has 1 saturated heterocycles. The molecule has 2 aromatic rings. The van der Waals surface area contributed by atoms with Gasteiger partial charge in [-0.15, -0.1) is 11.3 Å². The maximum atomic E-state index is 12.9. The van der Waals surface area contributed by atoms with Gasteiger partial charge in [-0.2, -0.15) is 0 Å². The number of rotatable bonds is 4. The largest absolute Gasteiger partial charge is 0.335 e. The number of carbonyl (C=O) groups is 1. The van der Waals surface area contributed by atoms with Gasteiger partial charge >= 0.3 is 0 Å². The number of aryl methyl sites for hydroxylation is 4. The van der Waals surface area contributed by atoms with Crippen LogP contribution in [0.25, 0.3) is 0 Å². The Labute approximate surface area is 141 Å². The van der Waals surface area contributed by atoms with E-state index in [-0.39, 0.29) is 5.91 Å². The molecule has 1 fully saturated rings. The van der Waals surface area contributed by atoms with Crippen molar-refractivity contribution in [2.75, 3.05) is 6.54 Å². The molecule has 23 heavy (non-hydrogen) atoms. The molecule has 0 radical (unpaired) electrons. The Morgan fingerprint density at radius 3 is 2.83 bits per heavy atom. The number of likely N-dealkylation sites (tertiary alicyclic amines) is 1. The van der Waals surface area contributed by atoms with E-state index in [1.807, 2.05) is 33.2 Å². The first-order valence-electron chi connectivity index (χ1n) is 8.29. The van der Waals surface area contributed by atoms with Gasteiger partial charge in [0.05, 0.1) is 10.7 Å². The fourth-order valence-electron chi connectivity index (χ4n) is 3.36. The third-order valence-corrected chi connectivity index (χ3v) is 5.67. The number of aromatic nitrogens is 3. The first-order valence-corrected chi connectivity index (χ1v) is 9.10. The van der Waals surface area contributed by atoms with E-state index in [0.29, 0.717) is 6.04 Å². The lowest BCUT2D eigenvalue weighted by atomic mass is 9.99. The Morgan fingerprint density at radius 1 is 1.35 bits per heavy atom. The lowest BCUT2D eigenvalue weighted by Gasteiger charge is -2.36. The van der Waals surface area contributed by atoms with Crippen molar-refractivity contribution in [1.82, 2.24) is 19.4 Å². The van der Waals surface area contributed by atoms with E-state index in [9.17, 15) is 4.79 Å². The number of amides is 1. The van der Waals surface area contributed by atoms with Crippen molar-refractivity contribution in [3.05, 3.63) is 33.8 Å². The van der Waals surface area contributed by atoms with E-state index in [1.165, 1.54) is 17.8 Å². The van der Waals surface area contributed by atoms with Crippen LogP contribution in [0.15, 0.2) is 12.4 Å². The van der Waals surface area contributed by atoms with E-state index in [0.717, 1.165) is 53.8 Å². The average Bonchev–Trinajstić information content (AvgIpc) is 3.10. The second-order valence-electron chi connectivity index (χ2n) is 6.25. The molecule has 1 aliphatic rings. The van der Waals surface area contributed by atoms with Gasteiger partial charge < -0.3 is 9.47 Å². The molecular weight excluding hydrogens is 308 g/mol. The molecule has 0 spiro atoms. The van der Waals surface area contributed by atoms with Gasteiger partial charge in [0.1, 0.15) is 10.7 Å². The van der Waals surface area contributed by atoms with Crippen molar-refractivity contribution >= 4 is 17.2 Å². The molecule has 0 unspecified atom stereocenters. The summed E-state index contributed by atoms with van der Waals surface area (Å²) in [5.74, 6) is 1.20. The van der Waals surface area contributed by atoms with E-state index in [4.69, 9.17) is 0 Å². The monoisotopic (exact) mass is 332 g/mol. The molecular formula is C17H24N4OS. The minimum absolute atomic E-state index is 0.167. The molecule has 124 valence electrons. The minimum Gasteiger partial charge on any atom is -0.335 e. The van der Waals surface area contributed by atoms with Gasteiger partial charge in [0, 0.05) is 31.5 Å². The number of nitrogens with zero attached hydrogens (tertiary/aromatic N) is 4. The molecule has 3 rings (SSSR count). The van der Waals surface area contributed by atoms with Gasteiger partial charge in [0.25, 0.3) is 5.91 Å². The topological polar surface area (TPSA) is 51.0 Å². The molecule has 0 aromatic carbocycles. The van der Waals surface area contributed by atoms with Crippen LogP contribution in [-0.4, -0.2) is 37.9 Å². The number of thiazole rings is 1. The summed E-state index contributed by atoms with van der Waals surface area (Å²) in [4.78, 5) is 24.5. The summed E-state index contributed by atoms with van der Waals surface area (Å²) in [6, 6.07) is 0.319. The maximum Gasteiger partial charge on any atom is 0.266 e. The molecule has 3 heterocycles. The van der Waals surface area contributed by atoms with Crippen LogP contribution in [0.4, 0.5) is 0 Å². The van der Waals surface area contributed by atoms with Crippen LogP contribution < -0.4 is 0 Å². The highest BCUT2D eigenvalue weighted by molar-refractivity contribution is 7.13. The third kappa shape index (κ3) is 3.47. The van der Waals surface area contributed by atoms with E-state index in [1.54, 1.807) is 0 Å². The summed E-state index contributed by atoms with van der Waals surface area (Å²) in [5, 5.41) is 0.966. The molecule has 1 atom stereocenters. The average molecular weight is 332 g/mol. The van der Waals surface area contributed by atoms with Crippen molar-refractivity contribution in [3.8, 4) is 0 Å². The smallest absolute Gasteiger partial charge is 0.266 e. The van der Waals surface area contributed by atoms with Crippen molar-refractivity contribution in [1.29, 1.82) is 0 Å². The summed E-state index contributed by atoms with van der Waals surface area (Å²) in [6.07, 6.45) is 8.24. The van der Waals surface area contributed by atoms with Crippen LogP contribution >= 0.6 is 11.3 Å². The molecule has 5 nitrogen and oxygen atoms in total. The van der Waals surface area contributed by atoms with Crippen LogP contribution in [0.3, 0.4) is 0 Å². The number of carbonyl (C=O) groups excluding carboxylic acids is 1. The molecule has 0 aliphatic carbocycles. The number of hydrogen-bond acceptors (Lipinski definition) is 4. The SMILES string of the molecule is Cc1nc(C)c(C(=O)N2CCCC[C@@H]2CCn2ccnc2C)s1. The Bertz CT molecular complexity index is 691. The zero-order chi connectivity index (χ0) is 16.4. The zero-order valence-corrected chi connectivity index (χ0v) is 14.9. The third-order valence-electron chi connectivity index (χ3n) is 4.61. The standard InChI is InChI=1S/C17H24N4OS/c1-12-16(23-14(3)19-12)17(22)21-9-5-4-6-15(21)7-10-20-11-8-18-13(20)2/h8,11,15H,4-7,9-10H2,1-3H3/t15-/m1/s1. The Hall–Kier alpha value is -1.69. The van der Waals surface area contributed by atoms with Crippen molar-refractivity contribution < 1.29 is 4.79 Å². The fourth-order valence-corrected chi connectivity index (χ4v) is 4.23. The maximum absolute atomic E-state index is 12.9. The highest BCUT2D eigenvalue weighted by Gasteiger charge is 2.29. The highest BCUT2D eigenvalue weighted by Crippen LogP contribution is 2.26. The van der Waals surface area contributed by atoms with Crippen LogP contribution in [0.2, 0.25) is 0 Å². The molecule has 0 saturated carbocycles. The van der Waals surface area contributed by atoms with Gasteiger partial charge in [0.15, 0.2) is 0 Å². The van der Waals surface area contributed by atoms with Gasteiger partial charge in [-0.25, -0.2) is 9.97 Å². The summed E-state index contributed by atoms with van der Waals surface area (Å²) >= 11 is 1.52. The van der Waals surface area contributed by atoms with E-state index >= 15 is 0 Å². The Balaban J connectivity index is 1.72. The summed E-state index contributed by atoms with van der Waals surface area (Å²) in [6.45, 7) is 7.70. The highest BCUT2D eigenvalue weighted by atomic mass is 32.1. The van der Waals surface area contributed by atoms with Crippen molar-refractivity contribution in [3.63, 3.8) is 0 Å². The molecule has 0 bridgehead atoms. The Morgan fingerprint density at radius 2 is 2.17 bits per heavy atom. The predicted molar refractivity (Wildman–Crippen MR) is 91.8 cm³/mol. The van der Waals surface area contributed by atoms with Crippen LogP contribution in [0.1, 0.15) is 51.9 Å². The van der Waals surface area contributed by atoms with Crippen molar-refractivity contribution in [2.45, 2.75) is 59.0 Å². The summed E-state index contributed by atoms with van der Waals surface area (Å²) < 4.78 is 2.17. The second-order valence-corrected chi connectivity index (χ2v) is 7.46. The molecule has 0 N–H and O–H groups in total. The molecule has 2 aromatic heterocycles. The van der Waals surface area contributed by atoms with Crippen molar-refractivity contribution in [2.24, 2.45) is 0 Å². The van der Waals surface area contributed by atoms with Crippen LogP contribution in [-0.2, 0) is 6.54 Å².